The van der Waals surface area contributed by atoms with Crippen LogP contribution in [0.4, 0.5) is 0 Å². The highest BCUT2D eigenvalue weighted by Gasteiger charge is 2.52. The number of Topliss-reactive ketones (excluding diaryl/α,β-unsaturated/α-hetero) is 1. The quantitative estimate of drug-likeness (QED) is 0.650. The molecular formula is C13H13BrO. The van der Waals surface area contributed by atoms with Gasteiger partial charge in [0.15, 0.2) is 5.78 Å². The van der Waals surface area contributed by atoms with E-state index in [0.29, 0.717) is 5.78 Å². The van der Waals surface area contributed by atoms with Crippen LogP contribution < -0.4 is 0 Å². The lowest BCUT2D eigenvalue weighted by molar-refractivity contribution is 0.0826. The van der Waals surface area contributed by atoms with Gasteiger partial charge < -0.3 is 0 Å². The lowest BCUT2D eigenvalue weighted by Crippen LogP contribution is -2.25. The Morgan fingerprint density at radius 2 is 1.87 bits per heavy atom. The molecule has 78 valence electrons. The highest BCUT2D eigenvalue weighted by Crippen LogP contribution is 2.58. The normalized spacial score (nSPS) is 27.3. The largest absolute Gasteiger partial charge is 0.293 e. The van der Waals surface area contributed by atoms with E-state index in [-0.39, 0.29) is 10.2 Å². The fraction of sp³-hybridized carbons (Fsp3) is 0.462. The van der Waals surface area contributed by atoms with Crippen LogP contribution >= 0.6 is 15.9 Å². The number of rotatable bonds is 0. The Morgan fingerprint density at radius 1 is 1.20 bits per heavy atom. The number of hydrogen-bond acceptors (Lipinski definition) is 1. The van der Waals surface area contributed by atoms with Gasteiger partial charge >= 0.3 is 0 Å². The van der Waals surface area contributed by atoms with Gasteiger partial charge in [-0.15, -0.1) is 0 Å². The molecule has 2 aliphatic carbocycles. The molecule has 0 bridgehead atoms. The Labute approximate surface area is 98.0 Å². The fourth-order valence-corrected chi connectivity index (χ4v) is 4.16. The Hall–Kier alpha value is -0.630. The van der Waals surface area contributed by atoms with Crippen molar-refractivity contribution in [3.63, 3.8) is 0 Å². The van der Waals surface area contributed by atoms with Gasteiger partial charge in [-0.25, -0.2) is 0 Å². The van der Waals surface area contributed by atoms with Crippen molar-refractivity contribution < 1.29 is 4.79 Å². The van der Waals surface area contributed by atoms with E-state index in [1.807, 2.05) is 18.2 Å². The molecule has 1 fully saturated rings. The van der Waals surface area contributed by atoms with Crippen LogP contribution in [-0.2, 0) is 0 Å². The van der Waals surface area contributed by atoms with Crippen molar-refractivity contribution in [3.8, 4) is 0 Å². The predicted octanol–water partition coefficient (Wildman–Crippen LogP) is 3.88. The highest BCUT2D eigenvalue weighted by atomic mass is 79.9. The van der Waals surface area contributed by atoms with E-state index in [1.165, 1.54) is 18.4 Å². The summed E-state index contributed by atoms with van der Waals surface area (Å²) in [6, 6.07) is 8.04. The Kier molecular flexibility index (Phi) is 2.03. The molecule has 1 aromatic carbocycles. The first kappa shape index (κ1) is 9.59. The van der Waals surface area contributed by atoms with E-state index in [1.54, 1.807) is 0 Å². The summed E-state index contributed by atoms with van der Waals surface area (Å²) >= 11 is 3.74. The van der Waals surface area contributed by atoms with Crippen molar-refractivity contribution in [2.75, 3.05) is 0 Å². The minimum absolute atomic E-state index is 0.107. The molecule has 1 nitrogen and oxygen atoms in total. The second-order valence-corrected chi connectivity index (χ2v) is 5.56. The molecular weight excluding hydrogens is 252 g/mol. The zero-order chi connectivity index (χ0) is 10.5. The SMILES string of the molecule is O=C1c2ccccc2C(Br)C12CCCC2. The molecule has 0 radical (unpaired) electrons. The number of fused-ring (bicyclic) bond motifs is 1. The van der Waals surface area contributed by atoms with Crippen molar-refractivity contribution in [3.05, 3.63) is 35.4 Å². The summed E-state index contributed by atoms with van der Waals surface area (Å²) in [6.07, 6.45) is 4.50. The van der Waals surface area contributed by atoms with Crippen LogP contribution in [0.15, 0.2) is 24.3 Å². The number of benzene rings is 1. The standard InChI is InChI=1S/C13H13BrO/c14-11-9-5-1-2-6-10(9)12(15)13(11)7-3-4-8-13/h1-2,5-6,11H,3-4,7-8H2. The molecule has 3 rings (SSSR count). The third kappa shape index (κ3) is 1.12. The zero-order valence-electron chi connectivity index (χ0n) is 8.50. The van der Waals surface area contributed by atoms with E-state index in [2.05, 4.69) is 22.0 Å². The lowest BCUT2D eigenvalue weighted by atomic mass is 9.82. The Balaban J connectivity index is 2.16. The molecule has 15 heavy (non-hydrogen) atoms. The maximum atomic E-state index is 12.4. The van der Waals surface area contributed by atoms with Gasteiger partial charge in [0.1, 0.15) is 0 Å². The van der Waals surface area contributed by atoms with E-state index >= 15 is 0 Å². The third-order valence-electron chi connectivity index (χ3n) is 3.91. The van der Waals surface area contributed by atoms with E-state index in [9.17, 15) is 4.79 Å². The molecule has 1 saturated carbocycles. The Bertz CT molecular complexity index is 418. The van der Waals surface area contributed by atoms with Gasteiger partial charge in [-0.05, 0) is 18.4 Å². The minimum Gasteiger partial charge on any atom is -0.293 e. The second kappa shape index (κ2) is 3.18. The molecule has 0 aromatic heterocycles. The molecule has 0 amide bonds. The van der Waals surface area contributed by atoms with Crippen molar-refractivity contribution in [2.45, 2.75) is 30.5 Å². The van der Waals surface area contributed by atoms with Crippen LogP contribution in [0.1, 0.15) is 46.4 Å². The molecule has 0 heterocycles. The number of halogens is 1. The van der Waals surface area contributed by atoms with Gasteiger partial charge in [0.25, 0.3) is 0 Å². The summed E-state index contributed by atoms with van der Waals surface area (Å²) in [5.74, 6) is 0.373. The topological polar surface area (TPSA) is 17.1 Å². The molecule has 0 aliphatic heterocycles. The first-order chi connectivity index (χ1) is 7.26. The first-order valence-electron chi connectivity index (χ1n) is 5.53. The molecule has 0 N–H and O–H groups in total. The van der Waals surface area contributed by atoms with Crippen LogP contribution in [0.25, 0.3) is 0 Å². The van der Waals surface area contributed by atoms with Crippen LogP contribution in [0.3, 0.4) is 0 Å². The molecule has 0 saturated heterocycles. The van der Waals surface area contributed by atoms with E-state index in [4.69, 9.17) is 0 Å². The van der Waals surface area contributed by atoms with Crippen LogP contribution in [0, 0.1) is 5.41 Å². The molecule has 2 aliphatic rings. The average Bonchev–Trinajstić information content (AvgIpc) is 2.83. The van der Waals surface area contributed by atoms with Gasteiger partial charge in [-0.2, -0.15) is 0 Å². The summed E-state index contributed by atoms with van der Waals surface area (Å²) in [5.41, 5.74) is 2.04. The maximum absolute atomic E-state index is 12.4. The Morgan fingerprint density at radius 3 is 2.53 bits per heavy atom. The fourth-order valence-electron chi connectivity index (χ4n) is 3.09. The number of carbonyl (C=O) groups is 1. The monoisotopic (exact) mass is 264 g/mol. The first-order valence-corrected chi connectivity index (χ1v) is 6.45. The van der Waals surface area contributed by atoms with E-state index in [0.717, 1.165) is 18.4 Å². The molecule has 1 unspecified atom stereocenters. The second-order valence-electron chi connectivity index (χ2n) is 4.64. The van der Waals surface area contributed by atoms with Gasteiger partial charge in [0, 0.05) is 5.56 Å². The number of hydrogen-bond donors (Lipinski definition) is 0. The van der Waals surface area contributed by atoms with Crippen molar-refractivity contribution in [2.24, 2.45) is 5.41 Å². The number of carbonyl (C=O) groups excluding carboxylic acids is 1. The molecule has 1 atom stereocenters. The van der Waals surface area contributed by atoms with Crippen LogP contribution in [0.2, 0.25) is 0 Å². The van der Waals surface area contributed by atoms with Crippen molar-refractivity contribution in [1.82, 2.24) is 0 Å². The summed E-state index contributed by atoms with van der Waals surface area (Å²) in [6.45, 7) is 0. The maximum Gasteiger partial charge on any atom is 0.170 e. The summed E-state index contributed by atoms with van der Waals surface area (Å²) < 4.78 is 0. The van der Waals surface area contributed by atoms with Crippen LogP contribution in [-0.4, -0.2) is 5.78 Å². The molecule has 1 aromatic rings. The minimum atomic E-state index is -0.107. The van der Waals surface area contributed by atoms with Gasteiger partial charge in [0.05, 0.1) is 10.2 Å². The smallest absolute Gasteiger partial charge is 0.170 e. The van der Waals surface area contributed by atoms with Gasteiger partial charge in [0.2, 0.25) is 0 Å². The summed E-state index contributed by atoms with van der Waals surface area (Å²) in [4.78, 5) is 12.6. The molecule has 2 heteroatoms. The summed E-state index contributed by atoms with van der Waals surface area (Å²) in [7, 11) is 0. The number of alkyl halides is 1. The third-order valence-corrected chi connectivity index (χ3v) is 5.28. The van der Waals surface area contributed by atoms with Crippen molar-refractivity contribution >= 4 is 21.7 Å². The van der Waals surface area contributed by atoms with E-state index < -0.39 is 0 Å². The van der Waals surface area contributed by atoms with Gasteiger partial charge in [-0.3, -0.25) is 4.79 Å². The lowest BCUT2D eigenvalue weighted by Gasteiger charge is -2.25. The van der Waals surface area contributed by atoms with Gasteiger partial charge in [-0.1, -0.05) is 53.0 Å². The van der Waals surface area contributed by atoms with Crippen LogP contribution in [0.5, 0.6) is 0 Å². The zero-order valence-corrected chi connectivity index (χ0v) is 10.1. The number of ketones is 1. The molecule has 1 spiro atoms. The highest BCUT2D eigenvalue weighted by molar-refractivity contribution is 9.09. The average molecular weight is 265 g/mol. The van der Waals surface area contributed by atoms with Crippen molar-refractivity contribution in [1.29, 1.82) is 0 Å². The predicted molar refractivity (Wildman–Crippen MR) is 63.3 cm³/mol. The summed E-state index contributed by atoms with van der Waals surface area (Å²) in [5, 5.41) is 0.